The molecule has 5 nitrogen and oxygen atoms in total. The van der Waals surface area contributed by atoms with Gasteiger partial charge in [0.15, 0.2) is 0 Å². The van der Waals surface area contributed by atoms with Crippen molar-refractivity contribution >= 4 is 5.91 Å². The van der Waals surface area contributed by atoms with Crippen molar-refractivity contribution in [3.8, 4) is 0 Å². The number of piperazine rings is 1. The summed E-state index contributed by atoms with van der Waals surface area (Å²) in [5, 5.41) is 3.28. The number of hydrogen-bond acceptors (Lipinski definition) is 4. The Hall–Kier alpha value is -0.650. The molecular formula is C13H25N3O2. The molecule has 2 unspecified atom stereocenters. The highest BCUT2D eigenvalue weighted by molar-refractivity contribution is 5.81. The second kappa shape index (κ2) is 6.50. The van der Waals surface area contributed by atoms with E-state index in [9.17, 15) is 4.79 Å². The van der Waals surface area contributed by atoms with E-state index in [-0.39, 0.29) is 11.9 Å². The number of ether oxygens (including phenoxy) is 1. The summed E-state index contributed by atoms with van der Waals surface area (Å²) in [6.45, 7) is 8.40. The first-order chi connectivity index (χ1) is 8.72. The van der Waals surface area contributed by atoms with E-state index in [0.717, 1.165) is 52.3 Å². The second-order valence-corrected chi connectivity index (χ2v) is 5.36. The Labute approximate surface area is 109 Å². The van der Waals surface area contributed by atoms with E-state index in [0.29, 0.717) is 5.92 Å². The Balaban J connectivity index is 1.83. The van der Waals surface area contributed by atoms with Gasteiger partial charge in [0.2, 0.25) is 5.91 Å². The number of carbonyl (C=O) groups is 1. The molecule has 2 saturated heterocycles. The first-order valence-electron chi connectivity index (χ1n) is 6.95. The number of nitrogens with zero attached hydrogens (tertiary/aromatic N) is 2. The normalized spacial score (nSPS) is 27.4. The molecule has 2 aliphatic heterocycles. The van der Waals surface area contributed by atoms with Crippen LogP contribution in [0.3, 0.4) is 0 Å². The molecule has 0 spiro atoms. The molecule has 2 heterocycles. The first kappa shape index (κ1) is 13.8. The van der Waals surface area contributed by atoms with Crippen LogP contribution in [-0.2, 0) is 9.53 Å². The van der Waals surface area contributed by atoms with Gasteiger partial charge in [-0.05, 0) is 25.8 Å². The van der Waals surface area contributed by atoms with Crippen LogP contribution >= 0.6 is 0 Å². The molecule has 104 valence electrons. The van der Waals surface area contributed by atoms with Gasteiger partial charge >= 0.3 is 0 Å². The van der Waals surface area contributed by atoms with Crippen LogP contribution in [0.5, 0.6) is 0 Å². The van der Waals surface area contributed by atoms with Gasteiger partial charge in [-0.3, -0.25) is 9.69 Å². The van der Waals surface area contributed by atoms with E-state index >= 15 is 0 Å². The molecule has 2 aliphatic rings. The number of amides is 1. The van der Waals surface area contributed by atoms with Crippen LogP contribution in [0.15, 0.2) is 0 Å². The summed E-state index contributed by atoms with van der Waals surface area (Å²) in [5.74, 6) is 0.878. The summed E-state index contributed by atoms with van der Waals surface area (Å²) >= 11 is 0. The smallest absolute Gasteiger partial charge is 0.239 e. The van der Waals surface area contributed by atoms with Crippen LogP contribution in [0.4, 0.5) is 0 Å². The van der Waals surface area contributed by atoms with Crippen LogP contribution in [0.2, 0.25) is 0 Å². The van der Waals surface area contributed by atoms with Crippen molar-refractivity contribution in [3.63, 3.8) is 0 Å². The molecule has 1 amide bonds. The molecule has 0 aromatic heterocycles. The van der Waals surface area contributed by atoms with E-state index in [1.165, 1.54) is 0 Å². The topological polar surface area (TPSA) is 44.8 Å². The Kier molecular flexibility index (Phi) is 4.97. The minimum absolute atomic E-state index is 0.0185. The first-order valence-corrected chi connectivity index (χ1v) is 6.95. The predicted octanol–water partition coefficient (Wildman–Crippen LogP) is -0.225. The van der Waals surface area contributed by atoms with Crippen LogP contribution in [0.1, 0.15) is 13.3 Å². The van der Waals surface area contributed by atoms with E-state index < -0.39 is 0 Å². The molecular weight excluding hydrogens is 230 g/mol. The lowest BCUT2D eigenvalue weighted by Gasteiger charge is -2.33. The van der Waals surface area contributed by atoms with Crippen LogP contribution < -0.4 is 5.32 Å². The van der Waals surface area contributed by atoms with Crippen LogP contribution in [0.25, 0.3) is 0 Å². The maximum Gasteiger partial charge on any atom is 0.239 e. The van der Waals surface area contributed by atoms with Crippen molar-refractivity contribution in [2.24, 2.45) is 5.92 Å². The number of hydrogen-bond donors (Lipinski definition) is 1. The van der Waals surface area contributed by atoms with Crippen molar-refractivity contribution in [2.75, 3.05) is 53.0 Å². The zero-order valence-electron chi connectivity index (χ0n) is 11.5. The van der Waals surface area contributed by atoms with Crippen LogP contribution in [0, 0.1) is 5.92 Å². The Morgan fingerprint density at radius 1 is 1.39 bits per heavy atom. The number of carbonyl (C=O) groups excluding carboxylic acids is 1. The lowest BCUT2D eigenvalue weighted by Crippen LogP contribution is -2.52. The largest absolute Gasteiger partial charge is 0.384 e. The van der Waals surface area contributed by atoms with Gasteiger partial charge in [0, 0.05) is 39.8 Å². The van der Waals surface area contributed by atoms with Gasteiger partial charge in [0.1, 0.15) is 0 Å². The molecule has 0 aliphatic carbocycles. The number of methoxy groups -OCH3 is 1. The maximum atomic E-state index is 12.4. The average Bonchev–Trinajstić information content (AvgIpc) is 2.87. The molecule has 2 rings (SSSR count). The molecule has 0 aromatic carbocycles. The molecule has 1 N–H and O–H groups in total. The van der Waals surface area contributed by atoms with Crippen molar-refractivity contribution in [2.45, 2.75) is 19.4 Å². The summed E-state index contributed by atoms with van der Waals surface area (Å²) < 4.78 is 5.20. The summed E-state index contributed by atoms with van der Waals surface area (Å²) in [5.41, 5.74) is 0. The fraction of sp³-hybridized carbons (Fsp3) is 0.923. The Morgan fingerprint density at radius 3 is 2.78 bits per heavy atom. The van der Waals surface area contributed by atoms with E-state index in [1.54, 1.807) is 7.11 Å². The molecule has 0 radical (unpaired) electrons. The van der Waals surface area contributed by atoms with Gasteiger partial charge in [-0.15, -0.1) is 0 Å². The molecule has 0 aromatic rings. The number of likely N-dealkylation sites (tertiary alicyclic amines) is 1. The minimum Gasteiger partial charge on any atom is -0.384 e. The summed E-state index contributed by atoms with van der Waals surface area (Å²) in [6.07, 6.45) is 1.15. The third kappa shape index (κ3) is 3.22. The molecule has 0 bridgehead atoms. The third-order valence-corrected chi connectivity index (χ3v) is 4.05. The van der Waals surface area contributed by atoms with Crippen molar-refractivity contribution < 1.29 is 9.53 Å². The Bertz CT molecular complexity index is 279. The fourth-order valence-electron chi connectivity index (χ4n) is 2.89. The second-order valence-electron chi connectivity index (χ2n) is 5.36. The summed E-state index contributed by atoms with van der Waals surface area (Å²) in [7, 11) is 1.75. The average molecular weight is 255 g/mol. The van der Waals surface area contributed by atoms with Crippen molar-refractivity contribution in [1.29, 1.82) is 0 Å². The van der Waals surface area contributed by atoms with Gasteiger partial charge < -0.3 is 15.0 Å². The van der Waals surface area contributed by atoms with Gasteiger partial charge in [-0.25, -0.2) is 0 Å². The van der Waals surface area contributed by atoms with E-state index in [1.807, 2.05) is 11.8 Å². The highest BCUT2D eigenvalue weighted by Gasteiger charge is 2.31. The Morgan fingerprint density at radius 2 is 2.11 bits per heavy atom. The monoisotopic (exact) mass is 255 g/mol. The summed E-state index contributed by atoms with van der Waals surface area (Å²) in [4.78, 5) is 16.7. The van der Waals surface area contributed by atoms with E-state index in [4.69, 9.17) is 4.74 Å². The molecule has 2 fully saturated rings. The SMILES string of the molecule is COCC1CCN(C(C)C(=O)N2CCNCC2)C1. The standard InChI is InChI=1S/C13H25N3O2/c1-11(13(17)15-7-4-14-5-8-15)16-6-3-12(9-16)10-18-2/h11-12,14H,3-10H2,1-2H3. The molecule has 18 heavy (non-hydrogen) atoms. The molecule has 5 heteroatoms. The van der Waals surface area contributed by atoms with Crippen molar-refractivity contribution in [1.82, 2.24) is 15.1 Å². The third-order valence-electron chi connectivity index (χ3n) is 4.05. The van der Waals surface area contributed by atoms with Gasteiger partial charge in [-0.1, -0.05) is 0 Å². The minimum atomic E-state index is 0.0185. The van der Waals surface area contributed by atoms with Gasteiger partial charge in [0.05, 0.1) is 12.6 Å². The molecule has 2 atom stereocenters. The lowest BCUT2D eigenvalue weighted by molar-refractivity contribution is -0.136. The van der Waals surface area contributed by atoms with Crippen LogP contribution in [-0.4, -0.2) is 74.7 Å². The van der Waals surface area contributed by atoms with Gasteiger partial charge in [0.25, 0.3) is 0 Å². The number of nitrogens with one attached hydrogen (secondary N) is 1. The quantitative estimate of drug-likeness (QED) is 0.754. The van der Waals surface area contributed by atoms with E-state index in [2.05, 4.69) is 10.2 Å². The lowest BCUT2D eigenvalue weighted by atomic mass is 10.1. The zero-order valence-corrected chi connectivity index (χ0v) is 11.5. The summed E-state index contributed by atoms with van der Waals surface area (Å²) in [6, 6.07) is 0.0185. The zero-order chi connectivity index (χ0) is 13.0. The number of rotatable bonds is 4. The predicted molar refractivity (Wildman–Crippen MR) is 70.5 cm³/mol. The maximum absolute atomic E-state index is 12.4. The van der Waals surface area contributed by atoms with Gasteiger partial charge in [-0.2, -0.15) is 0 Å². The van der Waals surface area contributed by atoms with Crippen molar-refractivity contribution in [3.05, 3.63) is 0 Å². The molecule has 0 saturated carbocycles. The highest BCUT2D eigenvalue weighted by atomic mass is 16.5. The highest BCUT2D eigenvalue weighted by Crippen LogP contribution is 2.19. The fourth-order valence-corrected chi connectivity index (χ4v) is 2.89.